The maximum absolute atomic E-state index is 15.3. The van der Waals surface area contributed by atoms with Gasteiger partial charge in [0.15, 0.2) is 0 Å². The number of alkyl halides is 2. The van der Waals surface area contributed by atoms with Crippen LogP contribution in [0.3, 0.4) is 0 Å². The molecule has 1 aliphatic carbocycles. The second-order valence-electron chi connectivity index (χ2n) is 10.8. The summed E-state index contributed by atoms with van der Waals surface area (Å²) in [5, 5.41) is 12.6. The van der Waals surface area contributed by atoms with Gasteiger partial charge in [0.25, 0.3) is 5.92 Å². The number of benzene rings is 4. The van der Waals surface area contributed by atoms with Crippen molar-refractivity contribution in [2.75, 3.05) is 5.32 Å². The Hall–Kier alpha value is -4.36. The first-order valence-corrected chi connectivity index (χ1v) is 14.2. The smallest absolute Gasteiger partial charge is 0.335 e. The number of carboxylic acids is 1. The lowest BCUT2D eigenvalue weighted by Crippen LogP contribution is -2.23. The number of halogens is 4. The number of hydrogen-bond donors (Lipinski definition) is 2. The van der Waals surface area contributed by atoms with E-state index in [0.717, 1.165) is 27.8 Å². The molecule has 43 heavy (non-hydrogen) atoms. The van der Waals surface area contributed by atoms with Crippen LogP contribution in [0.2, 0.25) is 5.02 Å². The fourth-order valence-corrected chi connectivity index (χ4v) is 5.55. The van der Waals surface area contributed by atoms with E-state index in [9.17, 15) is 23.5 Å². The Morgan fingerprint density at radius 2 is 1.65 bits per heavy atom. The molecule has 0 saturated heterocycles. The Morgan fingerprint density at radius 1 is 0.953 bits per heavy atom. The lowest BCUT2D eigenvalue weighted by atomic mass is 9.87. The number of rotatable bonds is 8. The van der Waals surface area contributed by atoms with Gasteiger partial charge in [-0.1, -0.05) is 66.2 Å². The van der Waals surface area contributed by atoms with E-state index < -0.39 is 29.5 Å². The number of anilines is 1. The van der Waals surface area contributed by atoms with Gasteiger partial charge in [-0.15, -0.1) is 0 Å². The molecule has 0 aliphatic heterocycles. The molecule has 1 unspecified atom stereocenters. The minimum absolute atomic E-state index is 0.0245. The molecule has 0 fully saturated rings. The van der Waals surface area contributed by atoms with Crippen molar-refractivity contribution in [1.29, 1.82) is 0 Å². The number of carbonyl (C=O) groups is 2. The number of allylic oxidation sites excluding steroid dienone is 2. The zero-order valence-electron chi connectivity index (χ0n) is 23.3. The van der Waals surface area contributed by atoms with Gasteiger partial charge in [-0.3, -0.25) is 4.79 Å². The van der Waals surface area contributed by atoms with Crippen LogP contribution in [0.5, 0.6) is 0 Å². The van der Waals surface area contributed by atoms with Crippen LogP contribution < -0.4 is 5.32 Å². The molecule has 220 valence electrons. The first-order valence-electron chi connectivity index (χ1n) is 13.9. The summed E-state index contributed by atoms with van der Waals surface area (Å²) in [5.74, 6) is -5.53. The lowest BCUT2D eigenvalue weighted by Gasteiger charge is -2.22. The van der Waals surface area contributed by atoms with Crippen LogP contribution in [0, 0.1) is 12.7 Å². The molecule has 4 aromatic rings. The second-order valence-corrected chi connectivity index (χ2v) is 11.2. The van der Waals surface area contributed by atoms with E-state index >= 15 is 4.39 Å². The Morgan fingerprint density at radius 3 is 2.26 bits per heavy atom. The fraction of sp³-hybridized carbons (Fsp3) is 0.200. The molecule has 1 atom stereocenters. The van der Waals surface area contributed by atoms with Crippen molar-refractivity contribution in [1.82, 2.24) is 0 Å². The van der Waals surface area contributed by atoms with Crippen molar-refractivity contribution in [2.45, 2.75) is 44.4 Å². The van der Waals surface area contributed by atoms with E-state index in [2.05, 4.69) is 5.32 Å². The molecule has 2 N–H and O–H groups in total. The van der Waals surface area contributed by atoms with Crippen molar-refractivity contribution >= 4 is 34.7 Å². The van der Waals surface area contributed by atoms with E-state index in [0.29, 0.717) is 16.1 Å². The van der Waals surface area contributed by atoms with Gasteiger partial charge in [0, 0.05) is 17.9 Å². The first kappa shape index (κ1) is 30.1. The Balaban J connectivity index is 1.41. The van der Waals surface area contributed by atoms with Gasteiger partial charge in [-0.25, -0.2) is 18.0 Å². The zero-order valence-corrected chi connectivity index (χ0v) is 24.1. The topological polar surface area (TPSA) is 66.4 Å². The van der Waals surface area contributed by atoms with Crippen molar-refractivity contribution in [3.63, 3.8) is 0 Å². The van der Waals surface area contributed by atoms with Gasteiger partial charge >= 0.3 is 5.97 Å². The van der Waals surface area contributed by atoms with Crippen LogP contribution >= 0.6 is 11.6 Å². The molecular weight excluding hydrogens is 575 g/mol. The molecule has 1 amide bonds. The molecule has 0 saturated carbocycles. The molecule has 0 bridgehead atoms. The molecule has 5 rings (SSSR count). The highest BCUT2D eigenvalue weighted by atomic mass is 35.5. The minimum atomic E-state index is -2.69. The number of amides is 1. The highest BCUT2D eigenvalue weighted by molar-refractivity contribution is 6.30. The predicted molar refractivity (Wildman–Crippen MR) is 163 cm³/mol. The molecular formula is C35H29ClF3NO3. The average Bonchev–Trinajstić information content (AvgIpc) is 2.97. The quantitative estimate of drug-likeness (QED) is 0.211. The van der Waals surface area contributed by atoms with Gasteiger partial charge in [0.1, 0.15) is 5.82 Å². The molecule has 0 spiro atoms. The molecule has 4 nitrogen and oxygen atoms in total. The third-order valence-corrected chi connectivity index (χ3v) is 8.01. The summed E-state index contributed by atoms with van der Waals surface area (Å²) >= 11 is 6.06. The van der Waals surface area contributed by atoms with Crippen LogP contribution in [0.4, 0.5) is 18.9 Å². The van der Waals surface area contributed by atoms with Gasteiger partial charge in [-0.2, -0.15) is 0 Å². The van der Waals surface area contributed by atoms with Gasteiger partial charge in [0.2, 0.25) is 5.91 Å². The normalized spacial score (nSPS) is 15.0. The second kappa shape index (κ2) is 12.5. The van der Waals surface area contributed by atoms with Crippen LogP contribution in [0.1, 0.15) is 57.8 Å². The number of carboxylic acid groups (broad SMARTS) is 1. The maximum atomic E-state index is 15.3. The van der Waals surface area contributed by atoms with Crippen LogP contribution in [-0.4, -0.2) is 22.9 Å². The third kappa shape index (κ3) is 7.17. The van der Waals surface area contributed by atoms with Crippen molar-refractivity contribution < 1.29 is 27.9 Å². The van der Waals surface area contributed by atoms with Gasteiger partial charge in [-0.05, 0) is 95.1 Å². The SMILES string of the molecule is Cc1cc(Cl)ccc1-c1ccc(NC(=O)C(Cc2ccc(C(=O)O)cc2)c2ccc(C3=CCC(F)(F)CC3)cc2)c(F)c1. The monoisotopic (exact) mass is 603 g/mol. The average molecular weight is 604 g/mol. The minimum Gasteiger partial charge on any atom is -0.478 e. The van der Waals surface area contributed by atoms with E-state index in [-0.39, 0.29) is 36.9 Å². The van der Waals surface area contributed by atoms with Crippen LogP contribution in [0.25, 0.3) is 16.7 Å². The molecule has 1 aliphatic rings. The number of hydrogen-bond acceptors (Lipinski definition) is 2. The van der Waals surface area contributed by atoms with Crippen LogP contribution in [0.15, 0.2) is 91.0 Å². The Bertz CT molecular complexity index is 1700. The zero-order chi connectivity index (χ0) is 30.7. The number of aromatic carboxylic acids is 1. The van der Waals surface area contributed by atoms with Crippen molar-refractivity contribution in [3.8, 4) is 11.1 Å². The summed E-state index contributed by atoms with van der Waals surface area (Å²) in [6.45, 7) is 1.88. The fourth-order valence-electron chi connectivity index (χ4n) is 5.32. The standard InChI is InChI=1S/C35H29ClF3NO3/c1-21-18-28(36)11-12-29(21)27-10-13-32(31(37)20-27)40-33(41)30(19-22-2-4-26(5-3-22)34(42)43)25-8-6-23(7-9-25)24-14-16-35(38,39)17-15-24/h2-14,18,20,30H,15-17,19H2,1H3,(H,40,41)(H,42,43). The van der Waals surface area contributed by atoms with E-state index in [1.807, 2.05) is 25.1 Å². The molecule has 4 aromatic carbocycles. The summed E-state index contributed by atoms with van der Waals surface area (Å²) in [6.07, 6.45) is 1.54. The molecule has 0 radical (unpaired) electrons. The summed E-state index contributed by atoms with van der Waals surface area (Å²) in [7, 11) is 0. The number of aryl methyl sites for hydroxylation is 1. The summed E-state index contributed by atoms with van der Waals surface area (Å²) < 4.78 is 42.5. The Kier molecular flexibility index (Phi) is 8.74. The summed E-state index contributed by atoms with van der Waals surface area (Å²) in [4.78, 5) is 25.0. The van der Waals surface area contributed by atoms with Crippen molar-refractivity contribution in [3.05, 3.63) is 130 Å². The van der Waals surface area contributed by atoms with E-state index in [4.69, 9.17) is 11.6 Å². The third-order valence-electron chi connectivity index (χ3n) is 7.77. The Labute approximate surface area is 252 Å². The van der Waals surface area contributed by atoms with Crippen molar-refractivity contribution in [2.24, 2.45) is 0 Å². The number of nitrogens with one attached hydrogen (secondary N) is 1. The van der Waals surface area contributed by atoms with Crippen LogP contribution in [-0.2, 0) is 11.2 Å². The van der Waals surface area contributed by atoms with E-state index in [1.165, 1.54) is 24.3 Å². The molecule has 8 heteroatoms. The van der Waals surface area contributed by atoms with E-state index in [1.54, 1.807) is 48.5 Å². The highest BCUT2D eigenvalue weighted by Gasteiger charge is 2.31. The predicted octanol–water partition coefficient (Wildman–Crippen LogP) is 9.32. The number of carbonyl (C=O) groups excluding carboxylic acids is 1. The highest BCUT2D eigenvalue weighted by Crippen LogP contribution is 2.37. The molecule has 0 heterocycles. The first-order chi connectivity index (χ1) is 20.5. The van der Waals surface area contributed by atoms with Gasteiger partial charge in [0.05, 0.1) is 17.2 Å². The lowest BCUT2D eigenvalue weighted by molar-refractivity contribution is -0.117. The summed E-state index contributed by atoms with van der Waals surface area (Å²) in [5.41, 5.74) is 5.52. The molecule has 0 aromatic heterocycles. The maximum Gasteiger partial charge on any atom is 0.335 e. The largest absolute Gasteiger partial charge is 0.478 e. The summed E-state index contributed by atoms with van der Waals surface area (Å²) in [6, 6.07) is 23.4. The van der Waals surface area contributed by atoms with Gasteiger partial charge < -0.3 is 10.4 Å².